The third kappa shape index (κ3) is 3.84. The second-order valence-electron chi connectivity index (χ2n) is 4.01. The van der Waals surface area contributed by atoms with E-state index in [1.165, 1.54) is 6.07 Å². The van der Waals surface area contributed by atoms with E-state index in [1.54, 1.807) is 12.1 Å². The number of nitro groups is 1. The first kappa shape index (κ1) is 16.0. The molecule has 2 rings (SSSR count). The monoisotopic (exact) mass is 436 g/mol. The summed E-state index contributed by atoms with van der Waals surface area (Å²) in [5.74, 6) is -0.502. The SMILES string of the molecule is O=C(Nc1ccc(I)cc1)c1cc(Cl)c(Cl)c([N+](=O)[O-])c1. The molecule has 0 aliphatic rings. The molecule has 0 aliphatic carbocycles. The number of halogens is 3. The lowest BCUT2D eigenvalue weighted by molar-refractivity contribution is -0.384. The third-order valence-electron chi connectivity index (χ3n) is 2.57. The molecule has 0 atom stereocenters. The fraction of sp³-hybridized carbons (Fsp3) is 0. The number of anilines is 1. The zero-order valence-corrected chi connectivity index (χ0v) is 13.9. The summed E-state index contributed by atoms with van der Waals surface area (Å²) in [4.78, 5) is 22.3. The number of hydrogen-bond acceptors (Lipinski definition) is 3. The van der Waals surface area contributed by atoms with Crippen LogP contribution in [0.2, 0.25) is 10.0 Å². The van der Waals surface area contributed by atoms with Crippen LogP contribution in [0.15, 0.2) is 36.4 Å². The van der Waals surface area contributed by atoms with E-state index in [4.69, 9.17) is 23.2 Å². The normalized spacial score (nSPS) is 10.2. The highest BCUT2D eigenvalue weighted by molar-refractivity contribution is 14.1. The van der Waals surface area contributed by atoms with Gasteiger partial charge in [0.2, 0.25) is 0 Å². The smallest absolute Gasteiger partial charge is 0.290 e. The van der Waals surface area contributed by atoms with Crippen molar-refractivity contribution in [1.29, 1.82) is 0 Å². The molecule has 108 valence electrons. The maximum absolute atomic E-state index is 12.1. The zero-order chi connectivity index (χ0) is 15.6. The Bertz CT molecular complexity index is 720. The quantitative estimate of drug-likeness (QED) is 0.428. The van der Waals surface area contributed by atoms with E-state index < -0.39 is 16.5 Å². The van der Waals surface area contributed by atoms with Crippen molar-refractivity contribution in [3.8, 4) is 0 Å². The molecule has 0 aromatic heterocycles. The lowest BCUT2D eigenvalue weighted by Gasteiger charge is -2.07. The second-order valence-corrected chi connectivity index (χ2v) is 6.04. The van der Waals surface area contributed by atoms with E-state index in [-0.39, 0.29) is 15.6 Å². The van der Waals surface area contributed by atoms with Crippen molar-refractivity contribution in [3.05, 3.63) is 65.7 Å². The van der Waals surface area contributed by atoms with Gasteiger partial charge in [0.1, 0.15) is 5.02 Å². The van der Waals surface area contributed by atoms with Gasteiger partial charge in [-0.05, 0) is 52.9 Å². The minimum absolute atomic E-state index is 0.0429. The lowest BCUT2D eigenvalue weighted by Crippen LogP contribution is -2.12. The zero-order valence-electron chi connectivity index (χ0n) is 10.3. The number of rotatable bonds is 3. The molecule has 0 bridgehead atoms. The molecule has 0 saturated carbocycles. The van der Waals surface area contributed by atoms with Gasteiger partial charge in [-0.25, -0.2) is 0 Å². The first-order chi connectivity index (χ1) is 9.88. The van der Waals surface area contributed by atoms with E-state index in [0.29, 0.717) is 5.69 Å². The van der Waals surface area contributed by atoms with Crippen molar-refractivity contribution < 1.29 is 9.72 Å². The van der Waals surface area contributed by atoms with E-state index >= 15 is 0 Å². The molecule has 21 heavy (non-hydrogen) atoms. The van der Waals surface area contributed by atoms with E-state index in [2.05, 4.69) is 27.9 Å². The van der Waals surface area contributed by atoms with Crippen molar-refractivity contribution in [3.63, 3.8) is 0 Å². The molecule has 0 spiro atoms. The Kier molecular flexibility index (Phi) is 5.02. The molecule has 0 aliphatic heterocycles. The average molecular weight is 437 g/mol. The molecule has 0 heterocycles. The molecule has 1 N–H and O–H groups in total. The third-order valence-corrected chi connectivity index (χ3v) is 4.08. The Morgan fingerprint density at radius 2 is 1.81 bits per heavy atom. The highest BCUT2D eigenvalue weighted by atomic mass is 127. The van der Waals surface area contributed by atoms with E-state index in [0.717, 1.165) is 9.64 Å². The van der Waals surface area contributed by atoms with Gasteiger partial charge in [-0.15, -0.1) is 0 Å². The molecule has 0 unspecified atom stereocenters. The van der Waals surface area contributed by atoms with Gasteiger partial charge in [-0.2, -0.15) is 0 Å². The first-order valence-electron chi connectivity index (χ1n) is 5.59. The Balaban J connectivity index is 2.31. The van der Waals surface area contributed by atoms with Crippen LogP contribution >= 0.6 is 45.8 Å². The predicted molar refractivity (Wildman–Crippen MR) is 90.2 cm³/mol. The molecule has 1 amide bonds. The minimum atomic E-state index is -0.685. The van der Waals surface area contributed by atoms with Gasteiger partial charge in [0.05, 0.1) is 9.95 Å². The summed E-state index contributed by atoms with van der Waals surface area (Å²) in [7, 11) is 0. The second kappa shape index (κ2) is 6.59. The Labute approximate surface area is 143 Å². The molecule has 5 nitrogen and oxygen atoms in total. The summed E-state index contributed by atoms with van der Waals surface area (Å²) in [6, 6.07) is 9.49. The first-order valence-corrected chi connectivity index (χ1v) is 7.42. The van der Waals surface area contributed by atoms with Crippen molar-refractivity contribution in [2.45, 2.75) is 0 Å². The fourth-order valence-corrected chi connectivity index (χ4v) is 2.33. The predicted octanol–water partition coefficient (Wildman–Crippen LogP) is 4.76. The minimum Gasteiger partial charge on any atom is -0.322 e. The number of nitro benzene ring substituents is 1. The summed E-state index contributed by atoms with van der Waals surface area (Å²) in [5, 5.41) is 13.3. The molecule has 0 radical (unpaired) electrons. The van der Waals surface area contributed by atoms with Crippen LogP contribution in [-0.4, -0.2) is 10.8 Å². The van der Waals surface area contributed by atoms with Crippen LogP contribution in [0.1, 0.15) is 10.4 Å². The maximum atomic E-state index is 12.1. The van der Waals surface area contributed by atoms with Gasteiger partial charge in [0, 0.05) is 20.9 Å². The number of nitrogens with one attached hydrogen (secondary N) is 1. The van der Waals surface area contributed by atoms with Crippen LogP contribution in [0.3, 0.4) is 0 Å². The number of carbonyl (C=O) groups excluding carboxylic acids is 1. The summed E-state index contributed by atoms with van der Waals surface area (Å²) < 4.78 is 1.02. The largest absolute Gasteiger partial charge is 0.322 e. The highest BCUT2D eigenvalue weighted by Crippen LogP contribution is 2.33. The van der Waals surface area contributed by atoms with Gasteiger partial charge >= 0.3 is 0 Å². The fourth-order valence-electron chi connectivity index (χ4n) is 1.57. The summed E-state index contributed by atoms with van der Waals surface area (Å²) >= 11 is 13.7. The van der Waals surface area contributed by atoms with Gasteiger partial charge in [0.15, 0.2) is 0 Å². The number of carbonyl (C=O) groups is 1. The van der Waals surface area contributed by atoms with Crippen LogP contribution < -0.4 is 5.32 Å². The molecule has 2 aromatic rings. The Hall–Kier alpha value is -1.38. The summed E-state index contributed by atoms with van der Waals surface area (Å²) in [5.41, 5.74) is 0.237. The Morgan fingerprint density at radius 3 is 2.38 bits per heavy atom. The van der Waals surface area contributed by atoms with Crippen LogP contribution in [0.25, 0.3) is 0 Å². The molecule has 0 saturated heterocycles. The van der Waals surface area contributed by atoms with Crippen LogP contribution in [-0.2, 0) is 0 Å². The van der Waals surface area contributed by atoms with Crippen LogP contribution in [0, 0.1) is 13.7 Å². The summed E-state index contributed by atoms with van der Waals surface area (Å²) in [6.07, 6.45) is 0. The van der Waals surface area contributed by atoms with E-state index in [9.17, 15) is 14.9 Å². The van der Waals surface area contributed by atoms with Crippen molar-refractivity contribution >= 4 is 63.1 Å². The van der Waals surface area contributed by atoms with Crippen molar-refractivity contribution in [1.82, 2.24) is 0 Å². The average Bonchev–Trinajstić information content (AvgIpc) is 2.43. The highest BCUT2D eigenvalue weighted by Gasteiger charge is 2.20. The Morgan fingerprint density at radius 1 is 1.19 bits per heavy atom. The van der Waals surface area contributed by atoms with Gasteiger partial charge in [-0.1, -0.05) is 23.2 Å². The summed E-state index contributed by atoms with van der Waals surface area (Å²) in [6.45, 7) is 0. The number of benzene rings is 2. The number of amides is 1. The topological polar surface area (TPSA) is 72.2 Å². The van der Waals surface area contributed by atoms with Gasteiger partial charge < -0.3 is 5.32 Å². The van der Waals surface area contributed by atoms with Crippen LogP contribution in [0.5, 0.6) is 0 Å². The van der Waals surface area contributed by atoms with E-state index in [1.807, 2.05) is 12.1 Å². The molecular weight excluding hydrogens is 430 g/mol. The lowest BCUT2D eigenvalue weighted by atomic mass is 10.2. The molecule has 2 aromatic carbocycles. The van der Waals surface area contributed by atoms with Gasteiger partial charge in [0.25, 0.3) is 11.6 Å². The number of nitrogens with zero attached hydrogens (tertiary/aromatic N) is 1. The molecule has 8 heteroatoms. The number of hydrogen-bond donors (Lipinski definition) is 1. The van der Waals surface area contributed by atoms with Gasteiger partial charge in [-0.3, -0.25) is 14.9 Å². The maximum Gasteiger partial charge on any atom is 0.290 e. The standard InChI is InChI=1S/C13H7Cl2IN2O3/c14-10-5-7(6-11(12(10)15)18(20)21)13(19)17-9-3-1-8(16)2-4-9/h1-6H,(H,17,19). The molecule has 0 fully saturated rings. The molecular formula is C13H7Cl2IN2O3. The van der Waals surface area contributed by atoms with Crippen LogP contribution in [0.4, 0.5) is 11.4 Å². The van der Waals surface area contributed by atoms with Crippen molar-refractivity contribution in [2.75, 3.05) is 5.32 Å². The van der Waals surface area contributed by atoms with Crippen molar-refractivity contribution in [2.24, 2.45) is 0 Å².